The Labute approximate surface area is 107 Å². The monoisotopic (exact) mass is 249 g/mol. The van der Waals surface area contributed by atoms with Crippen LogP contribution in [0.25, 0.3) is 0 Å². The molecule has 1 aromatic rings. The maximum absolute atomic E-state index is 12.2. The highest BCUT2D eigenvalue weighted by atomic mass is 16.5. The van der Waals surface area contributed by atoms with Crippen molar-refractivity contribution >= 4 is 17.3 Å². The number of amides is 1. The summed E-state index contributed by atoms with van der Waals surface area (Å²) in [4.78, 5) is 13.9. The number of methoxy groups -OCH3 is 1. The molecule has 1 amide bonds. The molecule has 0 fully saturated rings. The van der Waals surface area contributed by atoms with E-state index < -0.39 is 0 Å². The van der Waals surface area contributed by atoms with Gasteiger partial charge in [-0.3, -0.25) is 4.79 Å². The van der Waals surface area contributed by atoms with Crippen molar-refractivity contribution in [2.24, 2.45) is 0 Å². The van der Waals surface area contributed by atoms with E-state index >= 15 is 0 Å². The molecular formula is C13H19N3O2. The first-order chi connectivity index (χ1) is 8.72. The second kappa shape index (κ2) is 5.73. The van der Waals surface area contributed by atoms with Crippen molar-refractivity contribution in [3.63, 3.8) is 0 Å². The van der Waals surface area contributed by atoms with Crippen molar-refractivity contribution in [1.29, 1.82) is 0 Å². The van der Waals surface area contributed by atoms with E-state index in [-0.39, 0.29) is 11.9 Å². The Morgan fingerprint density at radius 2 is 2.17 bits per heavy atom. The van der Waals surface area contributed by atoms with E-state index in [0.29, 0.717) is 19.7 Å². The summed E-state index contributed by atoms with van der Waals surface area (Å²) in [6.07, 6.45) is 0. The summed E-state index contributed by atoms with van der Waals surface area (Å²) in [6.45, 7) is 1.77. The molecule has 1 aliphatic rings. The van der Waals surface area contributed by atoms with Crippen LogP contribution in [0.4, 0.5) is 11.4 Å². The normalized spacial score (nSPS) is 17.3. The van der Waals surface area contributed by atoms with E-state index in [1.807, 2.05) is 24.3 Å². The minimum absolute atomic E-state index is 0.0778. The third-order valence-electron chi connectivity index (χ3n) is 3.06. The van der Waals surface area contributed by atoms with Gasteiger partial charge < -0.3 is 20.3 Å². The molecule has 5 heteroatoms. The molecule has 5 nitrogen and oxygen atoms in total. The zero-order valence-electron chi connectivity index (χ0n) is 10.8. The van der Waals surface area contributed by atoms with Crippen LogP contribution in [0.1, 0.15) is 0 Å². The van der Waals surface area contributed by atoms with E-state index in [9.17, 15) is 4.79 Å². The first kappa shape index (κ1) is 12.7. The number of benzene rings is 1. The standard InChI is InChI=1S/C13H19N3O2/c1-16(7-8-18-2)13(17)12-9-14-10-5-3-4-6-11(10)15-12/h3-6,12,14-15H,7-9H2,1-2H3. The lowest BCUT2D eigenvalue weighted by Gasteiger charge is -2.30. The summed E-state index contributed by atoms with van der Waals surface area (Å²) < 4.78 is 4.98. The number of nitrogens with one attached hydrogen (secondary N) is 2. The van der Waals surface area contributed by atoms with Gasteiger partial charge in [-0.15, -0.1) is 0 Å². The summed E-state index contributed by atoms with van der Waals surface area (Å²) >= 11 is 0. The largest absolute Gasteiger partial charge is 0.383 e. The van der Waals surface area contributed by atoms with Crippen LogP contribution in [0.2, 0.25) is 0 Å². The van der Waals surface area contributed by atoms with E-state index in [1.54, 1.807) is 19.1 Å². The molecule has 0 spiro atoms. The Hall–Kier alpha value is -1.75. The smallest absolute Gasteiger partial charge is 0.246 e. The number of para-hydroxylation sites is 2. The molecule has 98 valence electrons. The fourth-order valence-electron chi connectivity index (χ4n) is 1.97. The number of fused-ring (bicyclic) bond motifs is 1. The van der Waals surface area contributed by atoms with Gasteiger partial charge in [-0.05, 0) is 12.1 Å². The molecule has 1 unspecified atom stereocenters. The Bertz CT molecular complexity index is 422. The second-order valence-corrected chi connectivity index (χ2v) is 4.38. The lowest BCUT2D eigenvalue weighted by molar-refractivity contribution is -0.131. The molecule has 1 aliphatic heterocycles. The average molecular weight is 249 g/mol. The van der Waals surface area contributed by atoms with E-state index in [2.05, 4.69) is 10.6 Å². The van der Waals surface area contributed by atoms with E-state index in [4.69, 9.17) is 4.74 Å². The van der Waals surface area contributed by atoms with Gasteiger partial charge in [0, 0.05) is 27.2 Å². The predicted molar refractivity (Wildman–Crippen MR) is 71.9 cm³/mol. The Morgan fingerprint density at radius 3 is 2.89 bits per heavy atom. The maximum atomic E-state index is 12.2. The maximum Gasteiger partial charge on any atom is 0.246 e. The number of ether oxygens (including phenoxy) is 1. The van der Waals surface area contributed by atoms with Crippen LogP contribution in [0.3, 0.4) is 0 Å². The van der Waals surface area contributed by atoms with Gasteiger partial charge in [0.2, 0.25) is 5.91 Å². The van der Waals surface area contributed by atoms with Crippen LogP contribution in [-0.4, -0.2) is 50.7 Å². The molecule has 1 heterocycles. The SMILES string of the molecule is COCCN(C)C(=O)C1CNc2ccccc2N1. The van der Waals surface area contributed by atoms with Gasteiger partial charge in [0.25, 0.3) is 0 Å². The van der Waals surface area contributed by atoms with Crippen molar-refractivity contribution in [1.82, 2.24) is 4.90 Å². The van der Waals surface area contributed by atoms with Crippen LogP contribution in [0.5, 0.6) is 0 Å². The van der Waals surface area contributed by atoms with Gasteiger partial charge in [0.15, 0.2) is 0 Å². The van der Waals surface area contributed by atoms with Crippen molar-refractivity contribution < 1.29 is 9.53 Å². The van der Waals surface area contributed by atoms with Gasteiger partial charge >= 0.3 is 0 Å². The topological polar surface area (TPSA) is 53.6 Å². The average Bonchev–Trinajstić information content (AvgIpc) is 2.43. The Balaban J connectivity index is 1.98. The molecule has 0 bridgehead atoms. The zero-order valence-corrected chi connectivity index (χ0v) is 10.8. The minimum Gasteiger partial charge on any atom is -0.383 e. The van der Waals surface area contributed by atoms with Crippen LogP contribution in [0, 0.1) is 0 Å². The van der Waals surface area contributed by atoms with Gasteiger partial charge in [-0.2, -0.15) is 0 Å². The Kier molecular flexibility index (Phi) is 4.04. The lowest BCUT2D eigenvalue weighted by atomic mass is 10.1. The first-order valence-electron chi connectivity index (χ1n) is 6.05. The van der Waals surface area contributed by atoms with E-state index in [1.165, 1.54) is 0 Å². The molecule has 0 saturated heterocycles. The van der Waals surface area contributed by atoms with E-state index in [0.717, 1.165) is 11.4 Å². The summed E-state index contributed by atoms with van der Waals surface area (Å²) in [7, 11) is 3.43. The summed E-state index contributed by atoms with van der Waals surface area (Å²) in [5.74, 6) is 0.0778. The minimum atomic E-state index is -0.221. The van der Waals surface area contributed by atoms with Crippen molar-refractivity contribution in [3.05, 3.63) is 24.3 Å². The molecule has 2 N–H and O–H groups in total. The van der Waals surface area contributed by atoms with Crippen LogP contribution in [0.15, 0.2) is 24.3 Å². The molecule has 0 aliphatic carbocycles. The van der Waals surface area contributed by atoms with Crippen molar-refractivity contribution in [2.45, 2.75) is 6.04 Å². The number of carbonyl (C=O) groups excluding carboxylic acids is 1. The predicted octanol–water partition coefficient (Wildman–Crippen LogP) is 0.997. The van der Waals surface area contributed by atoms with Crippen molar-refractivity contribution in [2.75, 3.05) is 44.5 Å². The molecular weight excluding hydrogens is 230 g/mol. The molecule has 1 aromatic carbocycles. The highest BCUT2D eigenvalue weighted by molar-refractivity contribution is 5.88. The number of likely N-dealkylation sites (N-methyl/N-ethyl adjacent to an activating group) is 1. The number of rotatable bonds is 4. The number of hydrogen-bond donors (Lipinski definition) is 2. The highest BCUT2D eigenvalue weighted by Crippen LogP contribution is 2.25. The molecule has 1 atom stereocenters. The first-order valence-corrected chi connectivity index (χ1v) is 6.05. The van der Waals surface area contributed by atoms with Gasteiger partial charge in [-0.1, -0.05) is 12.1 Å². The van der Waals surface area contributed by atoms with Crippen LogP contribution < -0.4 is 10.6 Å². The fourth-order valence-corrected chi connectivity index (χ4v) is 1.97. The summed E-state index contributed by atoms with van der Waals surface area (Å²) in [5.41, 5.74) is 2.02. The summed E-state index contributed by atoms with van der Waals surface area (Å²) in [5, 5.41) is 6.52. The molecule has 0 saturated carbocycles. The van der Waals surface area contributed by atoms with Crippen LogP contribution in [-0.2, 0) is 9.53 Å². The number of carbonyl (C=O) groups is 1. The fraction of sp³-hybridized carbons (Fsp3) is 0.462. The van der Waals surface area contributed by atoms with Crippen molar-refractivity contribution in [3.8, 4) is 0 Å². The third-order valence-corrected chi connectivity index (χ3v) is 3.06. The highest BCUT2D eigenvalue weighted by Gasteiger charge is 2.25. The lowest BCUT2D eigenvalue weighted by Crippen LogP contribution is -2.47. The quantitative estimate of drug-likeness (QED) is 0.836. The number of nitrogens with zero attached hydrogens (tertiary/aromatic N) is 1. The molecule has 0 aromatic heterocycles. The molecule has 0 radical (unpaired) electrons. The van der Waals surface area contributed by atoms with Gasteiger partial charge in [0.1, 0.15) is 6.04 Å². The Morgan fingerprint density at radius 1 is 1.44 bits per heavy atom. The van der Waals surface area contributed by atoms with Crippen LogP contribution >= 0.6 is 0 Å². The molecule has 2 rings (SSSR count). The number of hydrogen-bond acceptors (Lipinski definition) is 4. The second-order valence-electron chi connectivity index (χ2n) is 4.38. The molecule has 18 heavy (non-hydrogen) atoms. The zero-order chi connectivity index (χ0) is 13.0. The third kappa shape index (κ3) is 2.73. The number of anilines is 2. The van der Waals surface area contributed by atoms with Gasteiger partial charge in [0.05, 0.1) is 18.0 Å². The summed E-state index contributed by atoms with van der Waals surface area (Å²) in [6, 6.07) is 7.67. The van der Waals surface area contributed by atoms with Gasteiger partial charge in [-0.25, -0.2) is 0 Å².